The van der Waals surface area contributed by atoms with E-state index in [9.17, 15) is 5.11 Å². The quantitative estimate of drug-likeness (QED) is 0.894. The molecule has 0 radical (unpaired) electrons. The second kappa shape index (κ2) is 3.49. The molecular formula is C12H13BrO2. The maximum atomic E-state index is 10.1. The van der Waals surface area contributed by atoms with Gasteiger partial charge in [-0.25, -0.2) is 0 Å². The Morgan fingerprint density at radius 2 is 2.20 bits per heavy atom. The molecule has 0 saturated heterocycles. The fourth-order valence-electron chi connectivity index (χ4n) is 2.18. The maximum absolute atomic E-state index is 10.1. The Hall–Kier alpha value is -0.540. The van der Waals surface area contributed by atoms with Gasteiger partial charge in [-0.2, -0.15) is 0 Å². The van der Waals surface area contributed by atoms with Crippen molar-refractivity contribution >= 4 is 15.9 Å². The lowest BCUT2D eigenvalue weighted by molar-refractivity contribution is 0.149. The highest BCUT2D eigenvalue weighted by molar-refractivity contribution is 9.10. The van der Waals surface area contributed by atoms with Crippen molar-refractivity contribution in [3.63, 3.8) is 0 Å². The first-order valence-electron chi connectivity index (χ1n) is 5.39. The number of fused-ring (bicyclic) bond motifs is 1. The summed E-state index contributed by atoms with van der Waals surface area (Å²) in [4.78, 5) is 0. The molecule has 3 heteroatoms. The largest absolute Gasteiger partial charge is 0.493 e. The van der Waals surface area contributed by atoms with Gasteiger partial charge in [0.15, 0.2) is 0 Å². The van der Waals surface area contributed by atoms with E-state index in [1.807, 2.05) is 6.07 Å². The molecule has 3 rings (SSSR count). The van der Waals surface area contributed by atoms with Crippen LogP contribution >= 0.6 is 15.9 Å². The predicted molar refractivity (Wildman–Crippen MR) is 61.0 cm³/mol. The molecule has 2 aliphatic rings. The van der Waals surface area contributed by atoms with E-state index in [1.54, 1.807) is 0 Å². The van der Waals surface area contributed by atoms with E-state index in [-0.39, 0.29) is 6.10 Å². The van der Waals surface area contributed by atoms with Crippen molar-refractivity contribution in [2.75, 3.05) is 6.61 Å². The third-order valence-corrected chi connectivity index (χ3v) is 3.62. The summed E-state index contributed by atoms with van der Waals surface area (Å²) < 4.78 is 6.65. The number of halogens is 1. The Balaban J connectivity index is 2.05. The number of hydrogen-bond donors (Lipinski definition) is 1. The zero-order valence-electron chi connectivity index (χ0n) is 8.37. The van der Waals surface area contributed by atoms with Gasteiger partial charge in [-0.05, 0) is 36.5 Å². The van der Waals surface area contributed by atoms with Crippen molar-refractivity contribution in [3.05, 3.63) is 27.7 Å². The highest BCUT2D eigenvalue weighted by Crippen LogP contribution is 2.46. The van der Waals surface area contributed by atoms with E-state index in [0.29, 0.717) is 5.92 Å². The normalized spacial score (nSPS) is 20.9. The summed E-state index contributed by atoms with van der Waals surface area (Å²) >= 11 is 3.49. The smallest absolute Gasteiger partial charge is 0.128 e. The Bertz CT molecular complexity index is 399. The standard InChI is InChI=1S/C12H13BrO2/c13-9-5-8-3-4-15-12(8)10(6-9)11(14)7-1-2-7/h5-7,11,14H,1-4H2. The second-order valence-corrected chi connectivity index (χ2v) is 5.28. The molecule has 1 unspecified atom stereocenters. The molecule has 1 atom stereocenters. The van der Waals surface area contributed by atoms with Crippen molar-refractivity contribution < 1.29 is 9.84 Å². The maximum Gasteiger partial charge on any atom is 0.128 e. The highest BCUT2D eigenvalue weighted by Gasteiger charge is 2.34. The molecule has 80 valence electrons. The summed E-state index contributed by atoms with van der Waals surface area (Å²) in [5.41, 5.74) is 2.19. The molecule has 1 aliphatic carbocycles. The summed E-state index contributed by atoms with van der Waals surface area (Å²) in [6, 6.07) is 4.08. The lowest BCUT2D eigenvalue weighted by Gasteiger charge is -2.14. The molecule has 1 saturated carbocycles. The van der Waals surface area contributed by atoms with Gasteiger partial charge in [-0.15, -0.1) is 0 Å². The molecule has 2 nitrogen and oxygen atoms in total. The number of hydrogen-bond acceptors (Lipinski definition) is 2. The SMILES string of the molecule is OC(c1cc(Br)cc2c1OCC2)C1CC1. The number of rotatable bonds is 2. The zero-order valence-corrected chi connectivity index (χ0v) is 9.96. The Labute approximate surface area is 97.4 Å². The summed E-state index contributed by atoms with van der Waals surface area (Å²) in [7, 11) is 0. The molecular weight excluding hydrogens is 256 g/mol. The van der Waals surface area contributed by atoms with Gasteiger partial charge in [0.05, 0.1) is 12.7 Å². The molecule has 1 aromatic carbocycles. The van der Waals surface area contributed by atoms with Crippen LogP contribution < -0.4 is 4.74 Å². The molecule has 0 amide bonds. The van der Waals surface area contributed by atoms with Gasteiger partial charge in [0.1, 0.15) is 5.75 Å². The van der Waals surface area contributed by atoms with Crippen molar-refractivity contribution in [3.8, 4) is 5.75 Å². The topological polar surface area (TPSA) is 29.5 Å². The molecule has 1 N–H and O–H groups in total. The van der Waals surface area contributed by atoms with Crippen LogP contribution in [0.3, 0.4) is 0 Å². The lowest BCUT2D eigenvalue weighted by Crippen LogP contribution is -2.02. The molecule has 0 aromatic heterocycles. The van der Waals surface area contributed by atoms with Gasteiger partial charge in [-0.1, -0.05) is 15.9 Å². The molecule has 1 fully saturated rings. The zero-order chi connectivity index (χ0) is 10.4. The van der Waals surface area contributed by atoms with Crippen LogP contribution in [0.2, 0.25) is 0 Å². The minimum Gasteiger partial charge on any atom is -0.493 e. The number of aliphatic hydroxyl groups excluding tert-OH is 1. The monoisotopic (exact) mass is 268 g/mol. The van der Waals surface area contributed by atoms with E-state index in [4.69, 9.17) is 4.74 Å². The highest BCUT2D eigenvalue weighted by atomic mass is 79.9. The van der Waals surface area contributed by atoms with Crippen LogP contribution in [-0.2, 0) is 6.42 Å². The van der Waals surface area contributed by atoms with Gasteiger partial charge in [-0.3, -0.25) is 0 Å². The molecule has 0 bridgehead atoms. The van der Waals surface area contributed by atoms with Gasteiger partial charge >= 0.3 is 0 Å². The summed E-state index contributed by atoms with van der Waals surface area (Å²) in [6.07, 6.45) is 2.90. The van der Waals surface area contributed by atoms with Crippen molar-refractivity contribution in [2.45, 2.75) is 25.4 Å². The molecule has 15 heavy (non-hydrogen) atoms. The van der Waals surface area contributed by atoms with Crippen LogP contribution in [0.4, 0.5) is 0 Å². The average Bonchev–Trinajstić information content (AvgIpc) is 2.96. The van der Waals surface area contributed by atoms with Gasteiger partial charge < -0.3 is 9.84 Å². The van der Waals surface area contributed by atoms with Crippen molar-refractivity contribution in [1.29, 1.82) is 0 Å². The van der Waals surface area contributed by atoms with Crippen LogP contribution in [0.15, 0.2) is 16.6 Å². The van der Waals surface area contributed by atoms with Crippen molar-refractivity contribution in [2.24, 2.45) is 5.92 Å². The van der Waals surface area contributed by atoms with Gasteiger partial charge in [0.25, 0.3) is 0 Å². The second-order valence-electron chi connectivity index (χ2n) is 4.36. The van der Waals surface area contributed by atoms with Crippen LogP contribution in [0, 0.1) is 5.92 Å². The average molecular weight is 269 g/mol. The summed E-state index contributed by atoms with van der Waals surface area (Å²) in [5.74, 6) is 1.38. The molecule has 1 heterocycles. The Kier molecular flexibility index (Phi) is 2.25. The first kappa shape index (κ1) is 9.67. The third-order valence-electron chi connectivity index (χ3n) is 3.16. The van der Waals surface area contributed by atoms with Crippen LogP contribution in [-0.4, -0.2) is 11.7 Å². The fourth-order valence-corrected chi connectivity index (χ4v) is 2.71. The number of ether oxygens (including phenoxy) is 1. The van der Waals surface area contributed by atoms with E-state index >= 15 is 0 Å². The van der Waals surface area contributed by atoms with E-state index in [1.165, 1.54) is 5.56 Å². The summed E-state index contributed by atoms with van der Waals surface area (Å²) in [6.45, 7) is 0.746. The Morgan fingerprint density at radius 1 is 1.40 bits per heavy atom. The van der Waals surface area contributed by atoms with Crippen molar-refractivity contribution in [1.82, 2.24) is 0 Å². The fraction of sp³-hybridized carbons (Fsp3) is 0.500. The van der Waals surface area contributed by atoms with Gasteiger partial charge in [0, 0.05) is 16.5 Å². The van der Waals surface area contributed by atoms with E-state index < -0.39 is 0 Å². The van der Waals surface area contributed by atoms with Crippen LogP contribution in [0.25, 0.3) is 0 Å². The first-order chi connectivity index (χ1) is 7.25. The van der Waals surface area contributed by atoms with Crippen LogP contribution in [0.1, 0.15) is 30.1 Å². The van der Waals surface area contributed by atoms with Gasteiger partial charge in [0.2, 0.25) is 0 Å². The minimum atomic E-state index is -0.339. The molecule has 0 spiro atoms. The van der Waals surface area contributed by atoms with Crippen LogP contribution in [0.5, 0.6) is 5.75 Å². The summed E-state index contributed by atoms with van der Waals surface area (Å²) in [5, 5.41) is 10.1. The number of benzene rings is 1. The molecule has 1 aliphatic heterocycles. The first-order valence-corrected chi connectivity index (χ1v) is 6.18. The third kappa shape index (κ3) is 1.68. The van der Waals surface area contributed by atoms with E-state index in [2.05, 4.69) is 22.0 Å². The lowest BCUT2D eigenvalue weighted by atomic mass is 10.0. The Morgan fingerprint density at radius 3 is 2.93 bits per heavy atom. The minimum absolute atomic E-state index is 0.339. The molecule has 1 aromatic rings. The predicted octanol–water partition coefficient (Wildman–Crippen LogP) is 2.83. The number of aliphatic hydroxyl groups is 1. The van der Waals surface area contributed by atoms with E-state index in [0.717, 1.165) is 41.7 Å².